The number of aromatic nitrogens is 1. The van der Waals surface area contributed by atoms with Crippen molar-refractivity contribution in [3.05, 3.63) is 23.8 Å². The van der Waals surface area contributed by atoms with Crippen LogP contribution in [-0.2, 0) is 60.4 Å². The number of nitrogens with two attached hydrogens (primary N) is 1. The Labute approximate surface area is 369 Å². The SMILES string of the molecule is CCC(C)C1NC(=O)CNC(=O)C2CC(=O)C(C(C)C(O)CO)NC(=O)C3CC(O)CC3C(=O)C(CC(N)=O)NC(=O)C(CS(=O)c3[nH]c4cc(O)ccc4c3C2)NC(=O)CNC1=O. The van der Waals surface area contributed by atoms with Gasteiger partial charge in [0.15, 0.2) is 11.6 Å². The van der Waals surface area contributed by atoms with Crippen molar-refractivity contribution in [3.8, 4) is 5.75 Å². The Morgan fingerprint density at radius 3 is 2.17 bits per heavy atom. The van der Waals surface area contributed by atoms with Gasteiger partial charge < -0.3 is 63.0 Å². The number of H-pyrrole nitrogens is 1. The van der Waals surface area contributed by atoms with Gasteiger partial charge in [-0.1, -0.05) is 27.2 Å². The number of hydrogen-bond acceptors (Lipinski definition) is 14. The number of Topliss-reactive ketones (excluding diaryl/α,β-unsaturated/α-hetero) is 2. The third kappa shape index (κ3) is 11.7. The maximum Gasteiger partial charge on any atom is 0.244 e. The first-order chi connectivity index (χ1) is 30.2. The van der Waals surface area contributed by atoms with Gasteiger partial charge in [-0.25, -0.2) is 0 Å². The molecule has 2 aromatic rings. The van der Waals surface area contributed by atoms with Crippen molar-refractivity contribution in [2.45, 2.75) is 101 Å². The van der Waals surface area contributed by atoms with Crippen molar-refractivity contribution in [3.63, 3.8) is 0 Å². The van der Waals surface area contributed by atoms with E-state index in [9.17, 15) is 67.8 Å². The van der Waals surface area contributed by atoms with Crippen molar-refractivity contribution in [1.29, 1.82) is 0 Å². The maximum atomic E-state index is 14.6. The highest BCUT2D eigenvalue weighted by Crippen LogP contribution is 2.36. The van der Waals surface area contributed by atoms with Crippen LogP contribution < -0.4 is 37.6 Å². The lowest BCUT2D eigenvalue weighted by Crippen LogP contribution is -2.58. The van der Waals surface area contributed by atoms with Gasteiger partial charge in [0.25, 0.3) is 0 Å². The molecule has 3 aliphatic rings. The third-order valence-electron chi connectivity index (χ3n) is 12.2. The quantitative estimate of drug-likeness (QED) is 0.127. The fraction of sp³-hybridized carbons (Fsp3) is 0.585. The summed E-state index contributed by atoms with van der Waals surface area (Å²) in [5.74, 6) is -15.3. The van der Waals surface area contributed by atoms with Crippen LogP contribution in [0.15, 0.2) is 23.2 Å². The van der Waals surface area contributed by atoms with Crippen molar-refractivity contribution >= 4 is 74.6 Å². The van der Waals surface area contributed by atoms with Crippen LogP contribution >= 0.6 is 0 Å². The first-order valence-corrected chi connectivity index (χ1v) is 22.3. The molecule has 0 spiro atoms. The number of rotatable bonds is 7. The summed E-state index contributed by atoms with van der Waals surface area (Å²) in [6.45, 7) is 2.44. The number of phenols is 1. The number of aliphatic hydroxyl groups excluding tert-OH is 3. The second-order valence-electron chi connectivity index (χ2n) is 16.8. The number of amides is 7. The number of ketones is 2. The number of fused-ring (bicyclic) bond motifs is 5. The Balaban J connectivity index is 1.73. The van der Waals surface area contributed by atoms with Crippen LogP contribution in [0.1, 0.15) is 58.4 Å². The number of carbonyl (C=O) groups is 9. The van der Waals surface area contributed by atoms with Crippen LogP contribution in [0.5, 0.6) is 5.75 Å². The van der Waals surface area contributed by atoms with E-state index in [1.165, 1.54) is 25.1 Å². The molecule has 12 unspecified atom stereocenters. The molecule has 13 N–H and O–H groups in total. The highest BCUT2D eigenvalue weighted by molar-refractivity contribution is 7.85. The third-order valence-corrected chi connectivity index (χ3v) is 13.7. The molecule has 12 atom stereocenters. The van der Waals surface area contributed by atoms with Crippen molar-refractivity contribution < 1.29 is 67.8 Å². The number of hydrogen-bond donors (Lipinski definition) is 12. The molecule has 5 rings (SSSR count). The van der Waals surface area contributed by atoms with E-state index in [0.29, 0.717) is 11.8 Å². The van der Waals surface area contributed by atoms with Crippen LogP contribution in [0, 0.1) is 29.6 Å². The highest BCUT2D eigenvalue weighted by atomic mass is 32.2. The van der Waals surface area contributed by atoms with Gasteiger partial charge in [-0.15, -0.1) is 0 Å². The molecule has 1 aliphatic carbocycles. The van der Waals surface area contributed by atoms with E-state index >= 15 is 0 Å². The van der Waals surface area contributed by atoms with Crippen LogP contribution in [0.25, 0.3) is 10.9 Å². The maximum absolute atomic E-state index is 14.6. The summed E-state index contributed by atoms with van der Waals surface area (Å²) in [5, 5.41) is 56.8. The first kappa shape index (κ1) is 49.2. The minimum absolute atomic E-state index is 0.121. The van der Waals surface area contributed by atoms with Gasteiger partial charge in [0.1, 0.15) is 22.9 Å². The van der Waals surface area contributed by atoms with E-state index in [4.69, 9.17) is 5.73 Å². The van der Waals surface area contributed by atoms with Gasteiger partial charge in [-0.05, 0) is 42.9 Å². The number of aromatic amines is 1. The molecular weight excluding hydrogens is 861 g/mol. The number of aromatic hydroxyl groups is 1. The Morgan fingerprint density at radius 2 is 1.52 bits per heavy atom. The fourth-order valence-corrected chi connectivity index (χ4v) is 9.79. The standard InChI is InChI=1S/C41H56N8O14S/c1-4-17(2)34-40(62)44-13-32(56)45-28-16-64(63)41-25(22-6-5-20(51)11-26(22)47-41)7-19(37(59)43-14-33(57)48-34)8-29(53)35(18(3)30(54)15-50)49-38(60)24-10-21(52)9-23(24)36(58)27(12-31(42)55)46-39(28)61/h5-6,11,17-19,21,23-24,27-28,30,34-35,47,50-52,54H,4,7-10,12-16H2,1-3H3,(H2,42,55)(H,43,59)(H,44,62)(H,45,56)(H,46,61)(H,48,57)(H,49,60). The minimum Gasteiger partial charge on any atom is -0.508 e. The summed E-state index contributed by atoms with van der Waals surface area (Å²) in [6.07, 6.45) is -5.04. The molecule has 1 fully saturated rings. The molecular formula is C41H56N8O14S. The smallest absolute Gasteiger partial charge is 0.244 e. The molecule has 350 valence electrons. The number of aliphatic hydroxyl groups is 3. The van der Waals surface area contributed by atoms with E-state index in [1.54, 1.807) is 13.8 Å². The molecule has 0 saturated heterocycles. The lowest BCUT2D eigenvalue weighted by molar-refractivity contribution is -0.139. The average molecular weight is 917 g/mol. The minimum atomic E-state index is -2.34. The monoisotopic (exact) mass is 916 g/mol. The first-order valence-electron chi connectivity index (χ1n) is 21.0. The Hall–Kier alpha value is -5.78. The Kier molecular flexibility index (Phi) is 16.4. The van der Waals surface area contributed by atoms with Crippen LogP contribution in [0.4, 0.5) is 0 Å². The largest absolute Gasteiger partial charge is 0.508 e. The van der Waals surface area contributed by atoms with Gasteiger partial charge in [0, 0.05) is 35.6 Å². The van der Waals surface area contributed by atoms with E-state index < -0.39 is 174 Å². The zero-order valence-electron chi connectivity index (χ0n) is 35.5. The molecule has 3 heterocycles. The Bertz CT molecular complexity index is 2200. The van der Waals surface area contributed by atoms with E-state index in [0.717, 1.165) is 0 Å². The van der Waals surface area contributed by atoms with E-state index in [-0.39, 0.29) is 34.7 Å². The van der Waals surface area contributed by atoms with Crippen molar-refractivity contribution in [2.24, 2.45) is 35.3 Å². The van der Waals surface area contributed by atoms with Gasteiger partial charge in [0.2, 0.25) is 41.4 Å². The molecule has 7 amide bonds. The molecule has 1 aromatic carbocycles. The van der Waals surface area contributed by atoms with Gasteiger partial charge in [0.05, 0.1) is 78.4 Å². The average Bonchev–Trinajstić information content (AvgIpc) is 3.82. The summed E-state index contributed by atoms with van der Waals surface area (Å²) in [6, 6.07) is -2.36. The molecule has 23 heteroatoms. The topological polar surface area (TPSA) is 366 Å². The van der Waals surface area contributed by atoms with Gasteiger partial charge >= 0.3 is 0 Å². The van der Waals surface area contributed by atoms with Crippen LogP contribution in [0.3, 0.4) is 0 Å². The number of nitrogens with one attached hydrogen (secondary N) is 7. The molecule has 1 aromatic heterocycles. The molecule has 2 bridgehead atoms. The molecule has 0 radical (unpaired) electrons. The van der Waals surface area contributed by atoms with Gasteiger partial charge in [-0.3, -0.25) is 47.4 Å². The number of primary amides is 1. The fourth-order valence-electron chi connectivity index (χ4n) is 8.39. The van der Waals surface area contributed by atoms with Crippen molar-refractivity contribution in [2.75, 3.05) is 25.4 Å². The molecule has 2 aliphatic heterocycles. The van der Waals surface area contributed by atoms with Crippen LogP contribution in [0.2, 0.25) is 0 Å². The number of carbonyl (C=O) groups excluding carboxylic acids is 9. The second-order valence-corrected chi connectivity index (χ2v) is 18.2. The second kappa shape index (κ2) is 21.3. The summed E-state index contributed by atoms with van der Waals surface area (Å²) in [7, 11) is -2.34. The lowest BCUT2D eigenvalue weighted by atomic mass is 9.84. The molecule has 64 heavy (non-hydrogen) atoms. The highest BCUT2D eigenvalue weighted by Gasteiger charge is 2.47. The predicted molar refractivity (Wildman–Crippen MR) is 225 cm³/mol. The summed E-state index contributed by atoms with van der Waals surface area (Å²) >= 11 is 0. The number of phenolic OH excluding ortho intramolecular Hbond substituents is 1. The van der Waals surface area contributed by atoms with Gasteiger partial charge in [-0.2, -0.15) is 0 Å². The van der Waals surface area contributed by atoms with E-state index in [2.05, 4.69) is 36.9 Å². The lowest BCUT2D eigenvalue weighted by Gasteiger charge is -2.31. The van der Waals surface area contributed by atoms with E-state index in [1.807, 2.05) is 0 Å². The summed E-state index contributed by atoms with van der Waals surface area (Å²) in [4.78, 5) is 127. The molecule has 1 saturated carbocycles. The summed E-state index contributed by atoms with van der Waals surface area (Å²) < 4.78 is 14.6. The summed E-state index contributed by atoms with van der Waals surface area (Å²) in [5.41, 5.74) is 5.86. The predicted octanol–water partition coefficient (Wildman–Crippen LogP) is -3.84. The molecule has 22 nitrogen and oxygen atoms in total. The number of benzene rings is 1. The van der Waals surface area contributed by atoms with Crippen molar-refractivity contribution in [1.82, 2.24) is 36.9 Å². The Morgan fingerprint density at radius 1 is 0.859 bits per heavy atom. The zero-order valence-corrected chi connectivity index (χ0v) is 36.3. The normalized spacial score (nSPS) is 29.8. The zero-order chi connectivity index (χ0) is 47.2. The van der Waals surface area contributed by atoms with Crippen LogP contribution in [-0.4, -0.2) is 144 Å².